The van der Waals surface area contributed by atoms with Crippen molar-refractivity contribution in [2.24, 2.45) is 5.73 Å². The van der Waals surface area contributed by atoms with Crippen molar-refractivity contribution < 1.29 is 14.3 Å². The van der Waals surface area contributed by atoms with Crippen LogP contribution in [0.15, 0.2) is 60.8 Å². The first-order valence-electron chi connectivity index (χ1n) is 9.59. The van der Waals surface area contributed by atoms with E-state index in [1.165, 1.54) is 0 Å². The topological polar surface area (TPSA) is 99.2 Å². The first-order valence-corrected chi connectivity index (χ1v) is 9.97. The van der Waals surface area contributed by atoms with Gasteiger partial charge in [-0.2, -0.15) is 5.10 Å². The van der Waals surface area contributed by atoms with Gasteiger partial charge in [0.2, 0.25) is 5.91 Å². The number of primary amides is 1. The van der Waals surface area contributed by atoms with Crippen molar-refractivity contribution in [2.45, 2.75) is 18.3 Å². The van der Waals surface area contributed by atoms with Gasteiger partial charge in [0.05, 0.1) is 11.1 Å². The van der Waals surface area contributed by atoms with E-state index >= 15 is 0 Å². The number of ether oxygens (including phenoxy) is 1. The fourth-order valence-electron chi connectivity index (χ4n) is 3.70. The molecule has 7 nitrogen and oxygen atoms in total. The molecule has 0 atom stereocenters. The molecule has 1 saturated heterocycles. The van der Waals surface area contributed by atoms with Gasteiger partial charge in [0.1, 0.15) is 5.69 Å². The van der Waals surface area contributed by atoms with E-state index in [9.17, 15) is 9.59 Å². The molecule has 8 heteroatoms. The Kier molecular flexibility index (Phi) is 5.57. The molecule has 0 bridgehead atoms. The Morgan fingerprint density at radius 3 is 2.47 bits per heavy atom. The van der Waals surface area contributed by atoms with Crippen LogP contribution in [0, 0.1) is 0 Å². The lowest BCUT2D eigenvalue weighted by atomic mass is 9.73. The monoisotopic (exact) mass is 424 g/mol. The number of amides is 2. The molecule has 2 amide bonds. The Balaban J connectivity index is 1.56. The van der Waals surface area contributed by atoms with E-state index in [0.717, 1.165) is 11.3 Å². The molecule has 1 aromatic heterocycles. The number of hydrogen-bond donors (Lipinski definition) is 2. The predicted molar refractivity (Wildman–Crippen MR) is 114 cm³/mol. The lowest BCUT2D eigenvalue weighted by molar-refractivity contribution is -0.125. The van der Waals surface area contributed by atoms with E-state index in [4.69, 9.17) is 22.1 Å². The van der Waals surface area contributed by atoms with E-state index in [1.807, 2.05) is 30.3 Å². The van der Waals surface area contributed by atoms with E-state index in [1.54, 1.807) is 35.1 Å². The number of hydrogen-bond acceptors (Lipinski definition) is 4. The standard InChI is InChI=1S/C22H21ClN4O3/c23-16-3-1-2-15(14-16)22(9-12-30-13-10-22)21(29)25-17-4-6-18(7-5-17)27-11-8-19(26-27)20(24)28/h1-8,11,14H,9-10,12-13H2,(H2,24,28)(H,25,29). The Morgan fingerprint density at radius 1 is 1.10 bits per heavy atom. The zero-order chi connectivity index (χ0) is 21.1. The molecule has 2 aromatic carbocycles. The van der Waals surface area contributed by atoms with Gasteiger partial charge in [0.15, 0.2) is 0 Å². The maximum atomic E-state index is 13.4. The van der Waals surface area contributed by atoms with Crippen molar-refractivity contribution in [3.8, 4) is 5.69 Å². The largest absolute Gasteiger partial charge is 0.381 e. The number of nitrogens with one attached hydrogen (secondary N) is 1. The minimum Gasteiger partial charge on any atom is -0.381 e. The van der Waals surface area contributed by atoms with Crippen LogP contribution in [0.2, 0.25) is 5.02 Å². The summed E-state index contributed by atoms with van der Waals surface area (Å²) in [5, 5.41) is 7.76. The van der Waals surface area contributed by atoms with Crippen LogP contribution in [-0.4, -0.2) is 34.8 Å². The second-order valence-corrected chi connectivity index (χ2v) is 7.65. The normalized spacial score (nSPS) is 15.5. The van der Waals surface area contributed by atoms with Crippen molar-refractivity contribution in [2.75, 3.05) is 18.5 Å². The Labute approximate surface area is 178 Å². The van der Waals surface area contributed by atoms with Crippen molar-refractivity contribution in [3.05, 3.63) is 77.1 Å². The van der Waals surface area contributed by atoms with Crippen LogP contribution < -0.4 is 11.1 Å². The number of carbonyl (C=O) groups excluding carboxylic acids is 2. The Bertz CT molecular complexity index is 1070. The number of nitrogens with two attached hydrogens (primary N) is 1. The number of carbonyl (C=O) groups is 2. The molecule has 3 aromatic rings. The highest BCUT2D eigenvalue weighted by molar-refractivity contribution is 6.30. The minimum absolute atomic E-state index is 0.0871. The lowest BCUT2D eigenvalue weighted by Crippen LogP contribution is -2.44. The van der Waals surface area contributed by atoms with Gasteiger partial charge >= 0.3 is 0 Å². The van der Waals surface area contributed by atoms with E-state index in [-0.39, 0.29) is 11.6 Å². The van der Waals surface area contributed by atoms with E-state index in [0.29, 0.717) is 36.8 Å². The van der Waals surface area contributed by atoms with Crippen molar-refractivity contribution >= 4 is 29.1 Å². The van der Waals surface area contributed by atoms with Crippen LogP contribution in [0.1, 0.15) is 28.9 Å². The molecular formula is C22H21ClN4O3. The van der Waals surface area contributed by atoms with Crippen LogP contribution >= 0.6 is 11.6 Å². The van der Waals surface area contributed by atoms with Gasteiger partial charge in [-0.3, -0.25) is 9.59 Å². The molecular weight excluding hydrogens is 404 g/mol. The predicted octanol–water partition coefficient (Wildman–Crippen LogP) is 3.31. The highest BCUT2D eigenvalue weighted by atomic mass is 35.5. The molecule has 154 valence electrons. The molecule has 0 unspecified atom stereocenters. The zero-order valence-corrected chi connectivity index (χ0v) is 16.9. The van der Waals surface area contributed by atoms with Gasteiger partial charge in [-0.1, -0.05) is 23.7 Å². The van der Waals surface area contributed by atoms with Crippen LogP contribution in [0.5, 0.6) is 0 Å². The lowest BCUT2D eigenvalue weighted by Gasteiger charge is -2.36. The third-order valence-electron chi connectivity index (χ3n) is 5.39. The first-order chi connectivity index (χ1) is 14.5. The number of halogens is 1. The third kappa shape index (κ3) is 3.94. The summed E-state index contributed by atoms with van der Waals surface area (Å²) in [5.74, 6) is -0.670. The van der Waals surface area contributed by atoms with Crippen molar-refractivity contribution in [1.82, 2.24) is 9.78 Å². The highest BCUT2D eigenvalue weighted by Crippen LogP contribution is 2.37. The zero-order valence-electron chi connectivity index (χ0n) is 16.2. The summed E-state index contributed by atoms with van der Waals surface area (Å²) in [6.45, 7) is 1.03. The smallest absolute Gasteiger partial charge is 0.269 e. The quantitative estimate of drug-likeness (QED) is 0.656. The molecule has 0 saturated carbocycles. The average Bonchev–Trinajstić information content (AvgIpc) is 3.25. The molecule has 1 aliphatic heterocycles. The average molecular weight is 425 g/mol. The SMILES string of the molecule is NC(=O)c1ccn(-c2ccc(NC(=O)C3(c4cccc(Cl)c4)CCOCC3)cc2)n1. The first kappa shape index (κ1) is 20.1. The number of nitrogens with zero attached hydrogens (tertiary/aromatic N) is 2. The molecule has 3 N–H and O–H groups in total. The Morgan fingerprint density at radius 2 is 1.83 bits per heavy atom. The molecule has 4 rings (SSSR count). The fourth-order valence-corrected chi connectivity index (χ4v) is 3.89. The van der Waals surface area contributed by atoms with E-state index < -0.39 is 11.3 Å². The molecule has 1 aliphatic rings. The van der Waals surface area contributed by atoms with Gasteiger partial charge in [0.25, 0.3) is 5.91 Å². The van der Waals surface area contributed by atoms with Gasteiger partial charge in [0, 0.05) is 30.1 Å². The second kappa shape index (κ2) is 8.30. The van der Waals surface area contributed by atoms with Crippen LogP contribution in [-0.2, 0) is 14.9 Å². The van der Waals surface area contributed by atoms with Gasteiger partial charge in [-0.05, 0) is 60.9 Å². The fraction of sp³-hybridized carbons (Fsp3) is 0.227. The summed E-state index contributed by atoms with van der Waals surface area (Å²) in [4.78, 5) is 24.6. The summed E-state index contributed by atoms with van der Waals surface area (Å²) in [5.41, 5.74) is 7.04. The summed E-state index contributed by atoms with van der Waals surface area (Å²) in [6, 6.07) is 16.2. The van der Waals surface area contributed by atoms with Crippen molar-refractivity contribution in [1.29, 1.82) is 0 Å². The molecule has 30 heavy (non-hydrogen) atoms. The summed E-state index contributed by atoms with van der Waals surface area (Å²) < 4.78 is 7.06. The maximum absolute atomic E-state index is 13.4. The molecule has 1 fully saturated rings. The van der Waals surface area contributed by atoms with Gasteiger partial charge in [-0.15, -0.1) is 0 Å². The number of aromatic nitrogens is 2. The number of anilines is 1. The van der Waals surface area contributed by atoms with E-state index in [2.05, 4.69) is 10.4 Å². The highest BCUT2D eigenvalue weighted by Gasteiger charge is 2.41. The molecule has 0 radical (unpaired) electrons. The summed E-state index contributed by atoms with van der Waals surface area (Å²) in [6.07, 6.45) is 2.82. The second-order valence-electron chi connectivity index (χ2n) is 7.22. The summed E-state index contributed by atoms with van der Waals surface area (Å²) in [7, 11) is 0. The Hall–Kier alpha value is -3.16. The number of benzene rings is 2. The van der Waals surface area contributed by atoms with Gasteiger partial charge in [-0.25, -0.2) is 4.68 Å². The van der Waals surface area contributed by atoms with Crippen LogP contribution in [0.4, 0.5) is 5.69 Å². The molecule has 0 spiro atoms. The molecule has 2 heterocycles. The van der Waals surface area contributed by atoms with Crippen LogP contribution in [0.25, 0.3) is 5.69 Å². The van der Waals surface area contributed by atoms with Gasteiger partial charge < -0.3 is 15.8 Å². The third-order valence-corrected chi connectivity index (χ3v) is 5.62. The minimum atomic E-state index is -0.694. The maximum Gasteiger partial charge on any atom is 0.269 e. The summed E-state index contributed by atoms with van der Waals surface area (Å²) >= 11 is 6.19. The number of rotatable bonds is 5. The van der Waals surface area contributed by atoms with Crippen molar-refractivity contribution in [3.63, 3.8) is 0 Å². The molecule has 0 aliphatic carbocycles. The van der Waals surface area contributed by atoms with Crippen LogP contribution in [0.3, 0.4) is 0 Å².